The van der Waals surface area contributed by atoms with E-state index in [1.54, 1.807) is 6.08 Å². The van der Waals surface area contributed by atoms with Crippen molar-refractivity contribution in [2.45, 2.75) is 13.5 Å². The maximum Gasteiger partial charge on any atom is 0.0487 e. The molecule has 0 saturated heterocycles. The quantitative estimate of drug-likeness (QED) is 0.102. The Morgan fingerprint density at radius 1 is 0.433 bits per heavy atom. The second-order valence-electron chi connectivity index (χ2n) is 14.6. The highest BCUT2D eigenvalue weighted by Crippen LogP contribution is 2.38. The summed E-state index contributed by atoms with van der Waals surface area (Å²) in [7, 11) is 0. The normalized spacial score (nSPS) is 11.3. The Hall–Kier alpha value is -7.68. The van der Waals surface area contributed by atoms with Crippen molar-refractivity contribution in [2.24, 2.45) is 0 Å². The van der Waals surface area contributed by atoms with E-state index in [0.717, 1.165) is 57.2 Å². The van der Waals surface area contributed by atoms with E-state index in [0.29, 0.717) is 0 Å². The maximum atomic E-state index is 4.01. The summed E-state index contributed by atoms with van der Waals surface area (Å²) in [5, 5.41) is 0. The average Bonchev–Trinajstić information content (AvgIpc) is 3.32. The van der Waals surface area contributed by atoms with Crippen molar-refractivity contribution in [3.8, 4) is 33.4 Å². The predicted molar refractivity (Wildman–Crippen MR) is 259 cm³/mol. The van der Waals surface area contributed by atoms with Gasteiger partial charge in [0.2, 0.25) is 0 Å². The number of nitrogens with zero attached hydrogens (tertiary/aromatic N) is 2. The number of allylic oxidation sites excluding steroid dienone is 5. The zero-order valence-electron chi connectivity index (χ0n) is 34.0. The lowest BCUT2D eigenvalue weighted by molar-refractivity contribution is 0.972. The molecule has 0 bridgehead atoms. The van der Waals surface area contributed by atoms with Gasteiger partial charge in [-0.05, 0) is 123 Å². The van der Waals surface area contributed by atoms with E-state index >= 15 is 0 Å². The summed E-state index contributed by atoms with van der Waals surface area (Å²) in [5.74, 6) is 0. The third-order valence-electron chi connectivity index (χ3n) is 10.9. The Kier molecular flexibility index (Phi) is 12.2. The molecule has 0 aliphatic rings. The van der Waals surface area contributed by atoms with E-state index in [1.807, 2.05) is 12.2 Å². The second kappa shape index (κ2) is 18.7. The van der Waals surface area contributed by atoms with Crippen LogP contribution in [-0.2, 0) is 6.54 Å². The Balaban J connectivity index is 1.10. The van der Waals surface area contributed by atoms with Crippen LogP contribution in [0, 0.1) is 0 Å². The van der Waals surface area contributed by atoms with E-state index in [1.165, 1.54) is 33.4 Å². The fraction of sp³-hybridized carbons (Fsp3) is 0.0345. The van der Waals surface area contributed by atoms with Crippen LogP contribution in [0.25, 0.3) is 45.0 Å². The fourth-order valence-corrected chi connectivity index (χ4v) is 7.72. The number of hydrogen-bond acceptors (Lipinski definition) is 2. The van der Waals surface area contributed by atoms with Gasteiger partial charge in [0.05, 0.1) is 0 Å². The molecular weight excluding hydrogens is 725 g/mol. The van der Waals surface area contributed by atoms with Crippen molar-refractivity contribution in [3.63, 3.8) is 0 Å². The number of hydrogen-bond donors (Lipinski definition) is 0. The van der Waals surface area contributed by atoms with Crippen LogP contribution in [-0.4, -0.2) is 0 Å². The van der Waals surface area contributed by atoms with E-state index < -0.39 is 0 Å². The van der Waals surface area contributed by atoms with Crippen LogP contribution in [0.1, 0.15) is 23.6 Å². The Morgan fingerprint density at radius 3 is 1.23 bits per heavy atom. The first-order chi connectivity index (χ1) is 29.6. The molecule has 8 aromatic rings. The topological polar surface area (TPSA) is 6.48 Å². The van der Waals surface area contributed by atoms with Crippen molar-refractivity contribution in [3.05, 3.63) is 260 Å². The highest BCUT2D eigenvalue weighted by molar-refractivity contribution is 5.82. The third-order valence-corrected chi connectivity index (χ3v) is 10.9. The van der Waals surface area contributed by atoms with E-state index in [9.17, 15) is 0 Å². The molecule has 0 spiro atoms. The largest absolute Gasteiger partial charge is 0.337 e. The van der Waals surface area contributed by atoms with Gasteiger partial charge in [-0.2, -0.15) is 0 Å². The van der Waals surface area contributed by atoms with Crippen molar-refractivity contribution in [2.75, 3.05) is 9.80 Å². The molecule has 2 heteroatoms. The zero-order chi connectivity index (χ0) is 41.1. The minimum Gasteiger partial charge on any atom is -0.337 e. The molecule has 290 valence electrons. The van der Waals surface area contributed by atoms with Crippen molar-refractivity contribution in [1.82, 2.24) is 0 Å². The summed E-state index contributed by atoms with van der Waals surface area (Å²) in [5.41, 5.74) is 17.2. The molecule has 0 heterocycles. The Labute approximate surface area is 355 Å². The lowest BCUT2D eigenvalue weighted by Gasteiger charge is -2.27. The second-order valence-corrected chi connectivity index (χ2v) is 14.6. The van der Waals surface area contributed by atoms with Gasteiger partial charge in [0, 0.05) is 35.0 Å². The minimum atomic E-state index is 0.738. The Morgan fingerprint density at radius 2 is 0.817 bits per heavy atom. The lowest BCUT2D eigenvalue weighted by atomic mass is 10.0. The summed E-state index contributed by atoms with van der Waals surface area (Å²) in [6, 6.07) is 73.9. The molecular formula is C58H48N2. The number of benzene rings is 8. The zero-order valence-corrected chi connectivity index (χ0v) is 34.0. The van der Waals surface area contributed by atoms with Gasteiger partial charge in [0.25, 0.3) is 0 Å². The molecule has 60 heavy (non-hydrogen) atoms. The average molecular weight is 773 g/mol. The van der Waals surface area contributed by atoms with E-state index in [2.05, 4.69) is 248 Å². The monoisotopic (exact) mass is 772 g/mol. The summed E-state index contributed by atoms with van der Waals surface area (Å²) in [6.07, 6.45) is 9.95. The van der Waals surface area contributed by atoms with Gasteiger partial charge in [0.1, 0.15) is 0 Å². The van der Waals surface area contributed by atoms with Crippen LogP contribution in [0.2, 0.25) is 0 Å². The molecule has 0 atom stereocenters. The van der Waals surface area contributed by atoms with Gasteiger partial charge in [-0.15, -0.1) is 0 Å². The van der Waals surface area contributed by atoms with Crippen LogP contribution < -0.4 is 9.80 Å². The van der Waals surface area contributed by atoms with Gasteiger partial charge >= 0.3 is 0 Å². The maximum absolute atomic E-state index is 4.01. The summed E-state index contributed by atoms with van der Waals surface area (Å²) in [6.45, 7) is 10.7. The molecule has 0 fully saturated rings. The summed E-state index contributed by atoms with van der Waals surface area (Å²) >= 11 is 0. The summed E-state index contributed by atoms with van der Waals surface area (Å²) < 4.78 is 0. The van der Waals surface area contributed by atoms with Crippen molar-refractivity contribution in [1.29, 1.82) is 0 Å². The number of rotatable bonds is 14. The van der Waals surface area contributed by atoms with Gasteiger partial charge in [-0.3, -0.25) is 0 Å². The van der Waals surface area contributed by atoms with Gasteiger partial charge in [-0.1, -0.05) is 189 Å². The highest BCUT2D eigenvalue weighted by Gasteiger charge is 2.16. The first kappa shape index (κ1) is 39.2. The standard InChI is InChI=1S/C58H48N2/c1-4-15-44(6-3)48-27-37-56(38-28-48)60(57-39-29-50(30-40-57)47-19-11-8-12-20-47)58-41-31-52(32-42-58)51-25-35-55(36-26-51)59(43-53-22-14-13-21-45(53)16-5-2)54-33-23-49(24-34-54)46-17-9-7-10-18-46/h4-42H,1,3,43H2,2H3/b16-5-,44-15+. The molecule has 0 unspecified atom stereocenters. The molecule has 0 N–H and O–H groups in total. The van der Waals surface area contributed by atoms with Crippen LogP contribution in [0.3, 0.4) is 0 Å². The van der Waals surface area contributed by atoms with Crippen LogP contribution >= 0.6 is 0 Å². The molecule has 0 amide bonds. The lowest BCUT2D eigenvalue weighted by Crippen LogP contribution is -2.17. The molecule has 8 aromatic carbocycles. The molecule has 0 aliphatic heterocycles. The fourth-order valence-electron chi connectivity index (χ4n) is 7.72. The molecule has 0 aliphatic carbocycles. The van der Waals surface area contributed by atoms with Crippen molar-refractivity contribution < 1.29 is 0 Å². The first-order valence-corrected chi connectivity index (χ1v) is 20.5. The van der Waals surface area contributed by atoms with Gasteiger partial charge in [0.15, 0.2) is 0 Å². The first-order valence-electron chi connectivity index (χ1n) is 20.5. The molecule has 0 saturated carbocycles. The van der Waals surface area contributed by atoms with Gasteiger partial charge in [-0.25, -0.2) is 0 Å². The van der Waals surface area contributed by atoms with Crippen molar-refractivity contribution >= 4 is 40.1 Å². The van der Waals surface area contributed by atoms with Crippen LogP contribution in [0.4, 0.5) is 28.4 Å². The van der Waals surface area contributed by atoms with Gasteiger partial charge < -0.3 is 9.80 Å². The smallest absolute Gasteiger partial charge is 0.0487 e. The predicted octanol–water partition coefficient (Wildman–Crippen LogP) is 16.3. The third kappa shape index (κ3) is 8.89. The van der Waals surface area contributed by atoms with Crippen LogP contribution in [0.15, 0.2) is 244 Å². The van der Waals surface area contributed by atoms with E-state index in [-0.39, 0.29) is 0 Å². The minimum absolute atomic E-state index is 0.738. The molecule has 8 rings (SSSR count). The highest BCUT2D eigenvalue weighted by atomic mass is 15.1. The molecule has 0 aromatic heterocycles. The molecule has 0 radical (unpaired) electrons. The SMILES string of the molecule is C=C/C=C(\C=C)c1ccc(N(c2ccc(-c3ccccc3)cc2)c2ccc(-c3ccc(N(Cc4ccccc4/C=C\C)c4ccc(-c5ccccc5)cc4)cc3)cc2)cc1. The Bertz CT molecular complexity index is 2710. The molecule has 2 nitrogen and oxygen atoms in total. The van der Waals surface area contributed by atoms with Crippen LogP contribution in [0.5, 0.6) is 0 Å². The van der Waals surface area contributed by atoms with E-state index in [4.69, 9.17) is 0 Å². The summed E-state index contributed by atoms with van der Waals surface area (Å²) in [4.78, 5) is 4.71. The number of anilines is 5.